The van der Waals surface area contributed by atoms with Gasteiger partial charge in [0.15, 0.2) is 0 Å². The fraction of sp³-hybridized carbons (Fsp3) is 0. The van der Waals surface area contributed by atoms with Gasteiger partial charge in [0.05, 0.1) is 0 Å². The van der Waals surface area contributed by atoms with Gasteiger partial charge in [0, 0.05) is 35.8 Å². The molecule has 2 aromatic heterocycles. The van der Waals surface area contributed by atoms with Gasteiger partial charge < -0.3 is 0 Å². The topological polar surface area (TPSA) is 0 Å². The first-order valence-electron chi connectivity index (χ1n) is 13.6. The Hall–Kier alpha value is -4.50. The van der Waals surface area contributed by atoms with Gasteiger partial charge in [-0.1, -0.05) is 103 Å². The van der Waals surface area contributed by atoms with Crippen molar-refractivity contribution in [1.29, 1.82) is 0 Å². The molecule has 0 aliphatic carbocycles. The first kappa shape index (κ1) is 22.3. The summed E-state index contributed by atoms with van der Waals surface area (Å²) in [7, 11) is 0. The molecule has 0 aliphatic heterocycles. The molecule has 9 rings (SSSR count). The van der Waals surface area contributed by atoms with Crippen LogP contribution in [0.15, 0.2) is 133 Å². The lowest BCUT2D eigenvalue weighted by molar-refractivity contribution is 1.70. The normalized spacial score (nSPS) is 12.0. The van der Waals surface area contributed by atoms with Crippen molar-refractivity contribution in [1.82, 2.24) is 0 Å². The lowest BCUT2D eigenvalue weighted by Crippen LogP contribution is -1.90. The van der Waals surface area contributed by atoms with Crippen molar-refractivity contribution in [3.63, 3.8) is 0 Å². The average Bonchev–Trinajstić information content (AvgIpc) is 3.61. The van der Waals surface area contributed by atoms with E-state index in [1.165, 1.54) is 84.8 Å². The Kier molecular flexibility index (Phi) is 4.74. The third kappa shape index (κ3) is 3.12. The molecule has 0 radical (unpaired) electrons. The summed E-state index contributed by atoms with van der Waals surface area (Å²) in [6.45, 7) is 0. The Labute approximate surface area is 239 Å². The minimum Gasteiger partial charge on any atom is -0.143 e. The second-order valence-electron chi connectivity index (χ2n) is 10.5. The summed E-state index contributed by atoms with van der Waals surface area (Å²) < 4.78 is 4.05. The maximum atomic E-state index is 2.39. The van der Waals surface area contributed by atoms with Gasteiger partial charge in [-0.25, -0.2) is 0 Å². The lowest BCUT2D eigenvalue weighted by Gasteiger charge is -2.18. The fourth-order valence-corrected chi connectivity index (χ4v) is 8.67. The highest BCUT2D eigenvalue weighted by molar-refractivity contribution is 7.26. The predicted octanol–water partition coefficient (Wildman–Crippen LogP) is 12.1. The molecule has 2 heterocycles. The van der Waals surface area contributed by atoms with E-state index in [9.17, 15) is 0 Å². The van der Waals surface area contributed by atoms with Gasteiger partial charge in [0.2, 0.25) is 0 Å². The standard InChI is InChI=1S/C38H22S2/c1-2-10-24-21-25(18-17-23(24)9-1)35-26-11-3-5-13-28(26)36(29-14-6-4-12-27(29)35)31-22-39-33-19-20-34-37(38(31)33)30-15-7-8-16-32(30)40-34/h1-22H. The van der Waals surface area contributed by atoms with E-state index in [-0.39, 0.29) is 0 Å². The molecule has 0 unspecified atom stereocenters. The van der Waals surface area contributed by atoms with Gasteiger partial charge in [-0.2, -0.15) is 0 Å². The van der Waals surface area contributed by atoms with E-state index < -0.39 is 0 Å². The van der Waals surface area contributed by atoms with E-state index in [1.54, 1.807) is 0 Å². The third-order valence-electron chi connectivity index (χ3n) is 8.32. The largest absolute Gasteiger partial charge is 0.143 e. The number of thiophene rings is 2. The number of benzene rings is 7. The summed E-state index contributed by atoms with van der Waals surface area (Å²) in [6, 6.07) is 47.0. The first-order valence-corrected chi connectivity index (χ1v) is 15.3. The maximum Gasteiger partial charge on any atom is 0.0362 e. The second kappa shape index (κ2) is 8.50. The van der Waals surface area contributed by atoms with E-state index in [0.717, 1.165) is 0 Å². The van der Waals surface area contributed by atoms with Crippen molar-refractivity contribution in [3.8, 4) is 22.3 Å². The van der Waals surface area contributed by atoms with Crippen molar-refractivity contribution in [3.05, 3.63) is 133 Å². The van der Waals surface area contributed by atoms with Crippen LogP contribution in [0.2, 0.25) is 0 Å². The Morgan fingerprint density at radius 2 is 1.00 bits per heavy atom. The molecule has 186 valence electrons. The molecule has 0 bridgehead atoms. The van der Waals surface area contributed by atoms with Crippen LogP contribution in [0, 0.1) is 0 Å². The van der Waals surface area contributed by atoms with Gasteiger partial charge in [0.1, 0.15) is 0 Å². The Bertz CT molecular complexity index is 2380. The van der Waals surface area contributed by atoms with Crippen LogP contribution in [0.4, 0.5) is 0 Å². The van der Waals surface area contributed by atoms with Crippen LogP contribution in [0.25, 0.3) is 84.8 Å². The van der Waals surface area contributed by atoms with E-state index in [4.69, 9.17) is 0 Å². The van der Waals surface area contributed by atoms with E-state index in [0.29, 0.717) is 0 Å². The van der Waals surface area contributed by atoms with E-state index >= 15 is 0 Å². The maximum absolute atomic E-state index is 2.39. The minimum atomic E-state index is 1.26. The van der Waals surface area contributed by atoms with Crippen LogP contribution in [0.5, 0.6) is 0 Å². The monoisotopic (exact) mass is 542 g/mol. The molecule has 0 spiro atoms. The van der Waals surface area contributed by atoms with Crippen molar-refractivity contribution in [2.45, 2.75) is 0 Å². The molecule has 7 aromatic carbocycles. The quantitative estimate of drug-likeness (QED) is 0.191. The molecule has 0 amide bonds. The molecule has 0 aliphatic rings. The molecule has 0 atom stereocenters. The summed E-state index contributed by atoms with van der Waals surface area (Å²) >= 11 is 3.76. The van der Waals surface area contributed by atoms with Crippen molar-refractivity contribution >= 4 is 85.2 Å². The van der Waals surface area contributed by atoms with Crippen LogP contribution in [0.3, 0.4) is 0 Å². The molecule has 0 N–H and O–H groups in total. The molecule has 9 aromatic rings. The smallest absolute Gasteiger partial charge is 0.0362 e. The highest BCUT2D eigenvalue weighted by Gasteiger charge is 2.21. The van der Waals surface area contributed by atoms with E-state index in [1.807, 2.05) is 22.7 Å². The number of fused-ring (bicyclic) bond motifs is 8. The Morgan fingerprint density at radius 3 is 1.75 bits per heavy atom. The van der Waals surface area contributed by atoms with Gasteiger partial charge in [0.25, 0.3) is 0 Å². The summed E-state index contributed by atoms with van der Waals surface area (Å²) in [6.07, 6.45) is 0. The molecular formula is C38H22S2. The van der Waals surface area contributed by atoms with Crippen molar-refractivity contribution < 1.29 is 0 Å². The molecule has 0 saturated carbocycles. The number of rotatable bonds is 2. The highest BCUT2D eigenvalue weighted by atomic mass is 32.1. The predicted molar refractivity (Wildman–Crippen MR) is 178 cm³/mol. The first-order chi connectivity index (χ1) is 19.8. The average molecular weight is 543 g/mol. The van der Waals surface area contributed by atoms with Gasteiger partial charge in [-0.15, -0.1) is 22.7 Å². The molecule has 0 saturated heterocycles. The molecule has 0 fully saturated rings. The van der Waals surface area contributed by atoms with E-state index in [2.05, 4.69) is 133 Å². The zero-order valence-corrected chi connectivity index (χ0v) is 23.2. The number of hydrogen-bond donors (Lipinski definition) is 0. The fourth-order valence-electron chi connectivity index (χ4n) is 6.60. The van der Waals surface area contributed by atoms with Crippen LogP contribution in [-0.2, 0) is 0 Å². The zero-order valence-electron chi connectivity index (χ0n) is 21.5. The van der Waals surface area contributed by atoms with Crippen LogP contribution < -0.4 is 0 Å². The minimum absolute atomic E-state index is 1.26. The highest BCUT2D eigenvalue weighted by Crippen LogP contribution is 2.50. The van der Waals surface area contributed by atoms with Crippen molar-refractivity contribution in [2.24, 2.45) is 0 Å². The summed E-state index contributed by atoms with van der Waals surface area (Å²) in [5.41, 5.74) is 5.25. The summed E-state index contributed by atoms with van der Waals surface area (Å²) in [5, 5.41) is 14.3. The lowest BCUT2D eigenvalue weighted by atomic mass is 9.85. The van der Waals surface area contributed by atoms with Crippen LogP contribution in [0.1, 0.15) is 0 Å². The third-order valence-corrected chi connectivity index (χ3v) is 10.4. The summed E-state index contributed by atoms with van der Waals surface area (Å²) in [4.78, 5) is 0. The zero-order chi connectivity index (χ0) is 26.2. The summed E-state index contributed by atoms with van der Waals surface area (Å²) in [5.74, 6) is 0. The van der Waals surface area contributed by atoms with Gasteiger partial charge in [-0.05, 0) is 78.7 Å². The molecule has 2 heteroatoms. The second-order valence-corrected chi connectivity index (χ2v) is 12.5. The number of hydrogen-bond acceptors (Lipinski definition) is 2. The SMILES string of the molecule is c1ccc2cc(-c3c4ccccc4c(-c4csc5ccc6sc7ccccc7c6c45)c4ccccc34)ccc2c1. The van der Waals surface area contributed by atoms with Gasteiger partial charge in [-0.3, -0.25) is 0 Å². The van der Waals surface area contributed by atoms with Gasteiger partial charge >= 0.3 is 0 Å². The van der Waals surface area contributed by atoms with Crippen LogP contribution >= 0.6 is 22.7 Å². The van der Waals surface area contributed by atoms with Crippen molar-refractivity contribution in [2.75, 3.05) is 0 Å². The Morgan fingerprint density at radius 1 is 0.400 bits per heavy atom. The molecule has 40 heavy (non-hydrogen) atoms. The molecule has 0 nitrogen and oxygen atoms in total. The van der Waals surface area contributed by atoms with Crippen LogP contribution in [-0.4, -0.2) is 0 Å². The Balaban J connectivity index is 1.45. The molecular weight excluding hydrogens is 521 g/mol.